The fourth-order valence-corrected chi connectivity index (χ4v) is 2.68. The Morgan fingerprint density at radius 2 is 2.26 bits per heavy atom. The molecular weight excluding hydrogens is 296 g/mol. The molecule has 0 aromatic carbocycles. The van der Waals surface area contributed by atoms with Crippen LogP contribution in [0.5, 0.6) is 0 Å². The van der Waals surface area contributed by atoms with Crippen molar-refractivity contribution in [1.82, 2.24) is 10.2 Å². The van der Waals surface area contributed by atoms with E-state index < -0.39 is 0 Å². The molecule has 1 aliphatic heterocycles. The Bertz CT molecular complexity index is 520. The van der Waals surface area contributed by atoms with Crippen LogP contribution in [0.25, 0.3) is 0 Å². The van der Waals surface area contributed by atoms with Gasteiger partial charge in [-0.2, -0.15) is 0 Å². The molecule has 1 fully saturated rings. The van der Waals surface area contributed by atoms with Gasteiger partial charge < -0.3 is 19.4 Å². The molecule has 2 amide bonds. The van der Waals surface area contributed by atoms with Crippen molar-refractivity contribution in [3.8, 4) is 0 Å². The number of hydrogen-bond acceptors (Lipinski definition) is 4. The van der Waals surface area contributed by atoms with Gasteiger partial charge in [-0.3, -0.25) is 9.59 Å². The van der Waals surface area contributed by atoms with Gasteiger partial charge in [-0.15, -0.1) is 0 Å². The molecule has 6 nitrogen and oxygen atoms in total. The van der Waals surface area contributed by atoms with Crippen molar-refractivity contribution < 1.29 is 18.7 Å². The highest BCUT2D eigenvalue weighted by molar-refractivity contribution is 5.95. The molecule has 1 aromatic rings. The summed E-state index contributed by atoms with van der Waals surface area (Å²) < 4.78 is 10.9. The molecule has 1 aromatic heterocycles. The van der Waals surface area contributed by atoms with E-state index in [4.69, 9.17) is 9.15 Å². The molecule has 2 heterocycles. The molecule has 1 aliphatic rings. The van der Waals surface area contributed by atoms with Crippen LogP contribution in [-0.4, -0.2) is 49.1 Å². The first-order valence-electron chi connectivity index (χ1n) is 8.33. The van der Waals surface area contributed by atoms with E-state index in [2.05, 4.69) is 5.32 Å². The van der Waals surface area contributed by atoms with Crippen LogP contribution in [0.15, 0.2) is 16.7 Å². The van der Waals surface area contributed by atoms with Crippen molar-refractivity contribution in [2.45, 2.75) is 45.6 Å². The normalized spacial score (nSPS) is 17.2. The zero-order valence-electron chi connectivity index (χ0n) is 14.0. The first-order valence-corrected chi connectivity index (χ1v) is 8.33. The molecular formula is C17H26N2O4. The van der Waals surface area contributed by atoms with E-state index in [1.807, 2.05) is 6.92 Å². The van der Waals surface area contributed by atoms with E-state index in [0.29, 0.717) is 37.4 Å². The number of hydrogen-bond donors (Lipinski definition) is 1. The fraction of sp³-hybridized carbons (Fsp3) is 0.647. The van der Waals surface area contributed by atoms with E-state index in [9.17, 15) is 9.59 Å². The van der Waals surface area contributed by atoms with Gasteiger partial charge in [-0.05, 0) is 32.3 Å². The van der Waals surface area contributed by atoms with Gasteiger partial charge in [0.1, 0.15) is 5.76 Å². The van der Waals surface area contributed by atoms with Crippen LogP contribution in [0.2, 0.25) is 0 Å². The summed E-state index contributed by atoms with van der Waals surface area (Å²) in [5.41, 5.74) is 0.553. The quantitative estimate of drug-likeness (QED) is 0.796. The van der Waals surface area contributed by atoms with Crippen LogP contribution in [0.4, 0.5) is 0 Å². The number of carbonyl (C=O) groups is 2. The average molecular weight is 322 g/mol. The largest absolute Gasteiger partial charge is 0.469 e. The first-order chi connectivity index (χ1) is 11.1. The summed E-state index contributed by atoms with van der Waals surface area (Å²) in [6.07, 6.45) is 4.75. The summed E-state index contributed by atoms with van der Waals surface area (Å²) in [6.45, 7) is 6.10. The SMILES string of the molecule is CCCNC(=O)CCN(CC1CCCO1)C(=O)c1ccoc1C. The van der Waals surface area contributed by atoms with Gasteiger partial charge in [0.05, 0.1) is 17.9 Å². The number of amides is 2. The van der Waals surface area contributed by atoms with Crippen molar-refractivity contribution in [2.24, 2.45) is 0 Å². The Balaban J connectivity index is 1.97. The number of nitrogens with zero attached hydrogens (tertiary/aromatic N) is 1. The number of carbonyl (C=O) groups excluding carboxylic acids is 2. The topological polar surface area (TPSA) is 71.8 Å². The molecule has 0 bridgehead atoms. The summed E-state index contributed by atoms with van der Waals surface area (Å²) in [4.78, 5) is 26.2. The molecule has 0 aliphatic carbocycles. The van der Waals surface area contributed by atoms with E-state index in [1.165, 1.54) is 6.26 Å². The second kappa shape index (κ2) is 8.72. The minimum atomic E-state index is -0.102. The van der Waals surface area contributed by atoms with Gasteiger partial charge in [-0.25, -0.2) is 0 Å². The monoisotopic (exact) mass is 322 g/mol. The molecule has 23 heavy (non-hydrogen) atoms. The lowest BCUT2D eigenvalue weighted by atomic mass is 10.1. The Kier molecular flexibility index (Phi) is 6.65. The molecule has 1 N–H and O–H groups in total. The Morgan fingerprint density at radius 1 is 1.43 bits per heavy atom. The van der Waals surface area contributed by atoms with Crippen LogP contribution in [0.1, 0.15) is 48.7 Å². The second-order valence-electron chi connectivity index (χ2n) is 5.88. The van der Waals surface area contributed by atoms with Gasteiger partial charge in [0, 0.05) is 32.7 Å². The van der Waals surface area contributed by atoms with Gasteiger partial charge in [0.2, 0.25) is 5.91 Å². The van der Waals surface area contributed by atoms with Crippen LogP contribution >= 0.6 is 0 Å². The zero-order chi connectivity index (χ0) is 16.7. The summed E-state index contributed by atoms with van der Waals surface area (Å²) in [7, 11) is 0. The highest BCUT2D eigenvalue weighted by Gasteiger charge is 2.25. The summed E-state index contributed by atoms with van der Waals surface area (Å²) in [5.74, 6) is 0.471. The van der Waals surface area contributed by atoms with Crippen LogP contribution in [0.3, 0.4) is 0 Å². The molecule has 1 atom stereocenters. The number of ether oxygens (including phenoxy) is 1. The van der Waals surface area contributed by atoms with Crippen molar-refractivity contribution in [3.63, 3.8) is 0 Å². The van der Waals surface area contributed by atoms with E-state index in [1.54, 1.807) is 17.9 Å². The molecule has 6 heteroatoms. The maximum Gasteiger partial charge on any atom is 0.257 e. The Labute approximate surface area is 137 Å². The zero-order valence-corrected chi connectivity index (χ0v) is 14.0. The predicted octanol–water partition coefficient (Wildman–Crippen LogP) is 2.13. The molecule has 1 unspecified atom stereocenters. The number of nitrogens with one attached hydrogen (secondary N) is 1. The number of furan rings is 1. The summed E-state index contributed by atoms with van der Waals surface area (Å²) in [6, 6.07) is 1.68. The maximum absolute atomic E-state index is 12.7. The third-order valence-electron chi connectivity index (χ3n) is 4.01. The van der Waals surface area contributed by atoms with Crippen LogP contribution in [0, 0.1) is 6.92 Å². The lowest BCUT2D eigenvalue weighted by molar-refractivity contribution is -0.121. The van der Waals surface area contributed by atoms with E-state index in [-0.39, 0.29) is 17.9 Å². The Morgan fingerprint density at radius 3 is 2.87 bits per heavy atom. The minimum Gasteiger partial charge on any atom is -0.469 e. The first kappa shape index (κ1) is 17.5. The number of aryl methyl sites for hydroxylation is 1. The van der Waals surface area contributed by atoms with Crippen LogP contribution < -0.4 is 5.32 Å². The van der Waals surface area contributed by atoms with Gasteiger partial charge in [-0.1, -0.05) is 6.92 Å². The predicted molar refractivity (Wildman–Crippen MR) is 86.2 cm³/mol. The van der Waals surface area contributed by atoms with E-state index >= 15 is 0 Å². The van der Waals surface area contributed by atoms with Crippen molar-refractivity contribution in [2.75, 3.05) is 26.2 Å². The molecule has 128 valence electrons. The van der Waals surface area contributed by atoms with Crippen molar-refractivity contribution in [3.05, 3.63) is 23.7 Å². The third kappa shape index (κ3) is 5.10. The van der Waals surface area contributed by atoms with Gasteiger partial charge >= 0.3 is 0 Å². The molecule has 0 radical (unpaired) electrons. The third-order valence-corrected chi connectivity index (χ3v) is 4.01. The summed E-state index contributed by atoms with van der Waals surface area (Å²) in [5, 5.41) is 2.84. The standard InChI is InChI=1S/C17H26N2O4/c1-3-8-18-16(20)6-9-19(12-14-5-4-10-23-14)17(21)15-7-11-22-13(15)2/h7,11,14H,3-6,8-10,12H2,1-2H3,(H,18,20). The van der Waals surface area contributed by atoms with Gasteiger partial charge in [0.25, 0.3) is 5.91 Å². The second-order valence-corrected chi connectivity index (χ2v) is 5.88. The highest BCUT2D eigenvalue weighted by Crippen LogP contribution is 2.17. The minimum absolute atomic E-state index is 0.0269. The lowest BCUT2D eigenvalue weighted by Gasteiger charge is -2.25. The van der Waals surface area contributed by atoms with Crippen LogP contribution in [-0.2, 0) is 9.53 Å². The van der Waals surface area contributed by atoms with Crippen molar-refractivity contribution >= 4 is 11.8 Å². The van der Waals surface area contributed by atoms with E-state index in [0.717, 1.165) is 25.9 Å². The molecule has 2 rings (SSSR count). The summed E-state index contributed by atoms with van der Waals surface area (Å²) >= 11 is 0. The lowest BCUT2D eigenvalue weighted by Crippen LogP contribution is -2.40. The Hall–Kier alpha value is -1.82. The van der Waals surface area contributed by atoms with Crippen molar-refractivity contribution in [1.29, 1.82) is 0 Å². The smallest absolute Gasteiger partial charge is 0.257 e. The van der Waals surface area contributed by atoms with Gasteiger partial charge in [0.15, 0.2) is 0 Å². The fourth-order valence-electron chi connectivity index (χ4n) is 2.68. The number of rotatable bonds is 8. The molecule has 1 saturated heterocycles. The maximum atomic E-state index is 12.7. The highest BCUT2D eigenvalue weighted by atomic mass is 16.5. The molecule has 0 spiro atoms. The molecule has 0 saturated carbocycles. The average Bonchev–Trinajstić information content (AvgIpc) is 3.20.